The highest BCUT2D eigenvalue weighted by Crippen LogP contribution is 2.37. The Morgan fingerprint density at radius 2 is 2.05 bits per heavy atom. The van der Waals surface area contributed by atoms with Crippen molar-refractivity contribution in [2.24, 2.45) is 0 Å². The van der Waals surface area contributed by atoms with Crippen LogP contribution in [0, 0.1) is 0 Å². The molecule has 1 atom stereocenters. The summed E-state index contributed by atoms with van der Waals surface area (Å²) in [6.45, 7) is 0.0489. The number of nitrogens with zero attached hydrogens (tertiary/aromatic N) is 5. The number of alkyl halides is 5. The molecule has 0 radical (unpaired) electrons. The molecule has 1 aliphatic heterocycles. The maximum atomic E-state index is 13.8. The van der Waals surface area contributed by atoms with Gasteiger partial charge < -0.3 is 5.11 Å². The van der Waals surface area contributed by atoms with Gasteiger partial charge in [0.2, 0.25) is 6.41 Å². The molecule has 1 N–H and O–H groups in total. The van der Waals surface area contributed by atoms with Gasteiger partial charge in [-0.25, -0.2) is 18.4 Å². The average Bonchev–Trinajstić information content (AvgIpc) is 3.52. The Morgan fingerprint density at radius 3 is 2.68 bits per heavy atom. The second-order valence-corrected chi connectivity index (χ2v) is 9.84. The number of aliphatic carboxylic acids is 1. The fourth-order valence-corrected chi connectivity index (χ4v) is 5.15. The van der Waals surface area contributed by atoms with Crippen LogP contribution >= 0.6 is 11.3 Å². The molecule has 2 aromatic heterocycles. The number of hydrogen-bond acceptors (Lipinski definition) is 6. The second-order valence-electron chi connectivity index (χ2n) is 8.94. The molecular weight excluding hydrogens is 533 g/mol. The van der Waals surface area contributed by atoms with Gasteiger partial charge in [-0.15, -0.1) is 16.4 Å². The van der Waals surface area contributed by atoms with Gasteiger partial charge >= 0.3 is 12.1 Å². The lowest BCUT2D eigenvalue weighted by molar-refractivity contribution is -0.138. The average molecular weight is 558 g/mol. The van der Waals surface area contributed by atoms with Crippen molar-refractivity contribution in [2.75, 3.05) is 24.5 Å². The molecule has 204 valence electrons. The predicted octanol–water partition coefficient (Wildman–Crippen LogP) is 4.94. The largest absolute Gasteiger partial charge is 0.481 e. The Bertz CT molecular complexity index is 1260. The van der Waals surface area contributed by atoms with Gasteiger partial charge in [0.1, 0.15) is 10.7 Å². The van der Waals surface area contributed by atoms with Crippen LogP contribution in [-0.4, -0.2) is 68.7 Å². The van der Waals surface area contributed by atoms with Crippen molar-refractivity contribution in [1.29, 1.82) is 0 Å². The van der Waals surface area contributed by atoms with E-state index in [-0.39, 0.29) is 43.0 Å². The number of hydrogen-bond donors (Lipinski definition) is 1. The van der Waals surface area contributed by atoms with E-state index >= 15 is 0 Å². The Balaban J connectivity index is 1.71. The zero-order valence-electron chi connectivity index (χ0n) is 19.9. The summed E-state index contributed by atoms with van der Waals surface area (Å²) < 4.78 is 70.1. The van der Waals surface area contributed by atoms with E-state index in [1.165, 1.54) is 35.4 Å². The number of para-hydroxylation sites is 1. The fraction of sp³-hybridized carbons (Fsp3) is 0.417. The lowest BCUT2D eigenvalue weighted by Gasteiger charge is -2.34. The molecule has 1 amide bonds. The van der Waals surface area contributed by atoms with Crippen molar-refractivity contribution in [3.05, 3.63) is 47.5 Å². The summed E-state index contributed by atoms with van der Waals surface area (Å²) in [5.41, 5.74) is -1.09. The van der Waals surface area contributed by atoms with Gasteiger partial charge in [-0.05, 0) is 31.5 Å². The summed E-state index contributed by atoms with van der Waals surface area (Å²) in [6, 6.07) is 5.17. The molecule has 1 aliphatic rings. The van der Waals surface area contributed by atoms with Gasteiger partial charge in [-0.3, -0.25) is 19.4 Å². The normalized spacial score (nSPS) is 16.8. The van der Waals surface area contributed by atoms with E-state index < -0.39 is 42.6 Å². The maximum absolute atomic E-state index is 13.8. The Labute approximate surface area is 218 Å². The second kappa shape index (κ2) is 11.2. The number of likely N-dealkylation sites (tertiary alicyclic amines) is 1. The van der Waals surface area contributed by atoms with Crippen LogP contribution < -0.4 is 4.90 Å². The third-order valence-electron chi connectivity index (χ3n) is 6.22. The number of carbonyl (C=O) groups is 2. The van der Waals surface area contributed by atoms with Crippen molar-refractivity contribution < 1.29 is 36.6 Å². The molecule has 14 heteroatoms. The molecule has 8 nitrogen and oxygen atoms in total. The number of anilines is 1. The molecule has 0 spiro atoms. The first kappa shape index (κ1) is 27.6. The smallest absolute Gasteiger partial charge is 0.418 e. The molecule has 1 aromatic carbocycles. The minimum Gasteiger partial charge on any atom is -0.481 e. The summed E-state index contributed by atoms with van der Waals surface area (Å²) in [4.78, 5) is 30.5. The Hall–Kier alpha value is -3.39. The minimum absolute atomic E-state index is 0.0414. The fourth-order valence-electron chi connectivity index (χ4n) is 4.52. The number of carbonyl (C=O) groups excluding carboxylic acids is 1. The van der Waals surface area contributed by atoms with E-state index in [1.54, 1.807) is 5.38 Å². The van der Waals surface area contributed by atoms with Crippen molar-refractivity contribution in [1.82, 2.24) is 19.7 Å². The third-order valence-corrected chi connectivity index (χ3v) is 7.01. The van der Waals surface area contributed by atoms with Crippen LogP contribution in [0.25, 0.3) is 16.4 Å². The molecular formula is C24H24F5N5O3S. The summed E-state index contributed by atoms with van der Waals surface area (Å²) >= 11 is 1.15. The standard InChI is InChI=1S/C24H24F5N5O3S/c25-23(26)7-3-9-32(14-23)10-6-16(12-21(36)37)33(15-35)20-13-19(22-30-8-11-38-22)34(31-20)18-5-2-1-4-17(18)24(27,28)29/h1-2,4-5,8,11,13,15-16H,3,6-7,9-10,12,14H2,(H,36,37)/t16-/m0/s1. The third kappa shape index (κ3) is 6.35. The molecule has 3 heterocycles. The number of rotatable bonds is 10. The van der Waals surface area contributed by atoms with Crippen LogP contribution in [0.15, 0.2) is 41.9 Å². The first-order valence-corrected chi connectivity index (χ1v) is 12.6. The number of aromatic nitrogens is 3. The van der Waals surface area contributed by atoms with E-state index in [0.717, 1.165) is 27.0 Å². The zero-order chi connectivity index (χ0) is 27.5. The summed E-state index contributed by atoms with van der Waals surface area (Å²) in [5.74, 6) is -4.16. The summed E-state index contributed by atoms with van der Waals surface area (Å²) in [5, 5.41) is 15.7. The number of thiazole rings is 1. The monoisotopic (exact) mass is 557 g/mol. The van der Waals surface area contributed by atoms with Gasteiger partial charge in [-0.1, -0.05) is 12.1 Å². The van der Waals surface area contributed by atoms with Crippen LogP contribution in [0.3, 0.4) is 0 Å². The summed E-state index contributed by atoms with van der Waals surface area (Å²) in [7, 11) is 0. The Kier molecular flexibility index (Phi) is 8.11. The number of benzene rings is 1. The molecule has 0 saturated carbocycles. The van der Waals surface area contributed by atoms with Crippen LogP contribution in [-0.2, 0) is 15.8 Å². The number of carboxylic acid groups (broad SMARTS) is 1. The molecule has 1 fully saturated rings. The van der Waals surface area contributed by atoms with E-state index in [4.69, 9.17) is 0 Å². The van der Waals surface area contributed by atoms with Gasteiger partial charge in [-0.2, -0.15) is 13.2 Å². The van der Waals surface area contributed by atoms with Gasteiger partial charge in [0.05, 0.1) is 24.2 Å². The van der Waals surface area contributed by atoms with Crippen molar-refractivity contribution in [2.45, 2.75) is 43.8 Å². The number of halogens is 5. The first-order valence-electron chi connectivity index (χ1n) is 11.7. The van der Waals surface area contributed by atoms with E-state index in [1.807, 2.05) is 0 Å². The molecule has 38 heavy (non-hydrogen) atoms. The van der Waals surface area contributed by atoms with Gasteiger partial charge in [0.15, 0.2) is 5.82 Å². The van der Waals surface area contributed by atoms with Crippen molar-refractivity contribution in [3.63, 3.8) is 0 Å². The number of carboxylic acids is 1. The summed E-state index contributed by atoms with van der Waals surface area (Å²) in [6.07, 6.45) is -3.29. The van der Waals surface area contributed by atoms with Crippen LogP contribution in [0.4, 0.5) is 27.8 Å². The molecule has 1 saturated heterocycles. The van der Waals surface area contributed by atoms with E-state index in [9.17, 15) is 36.6 Å². The Morgan fingerprint density at radius 1 is 1.29 bits per heavy atom. The van der Waals surface area contributed by atoms with Crippen molar-refractivity contribution >= 4 is 29.5 Å². The lowest BCUT2D eigenvalue weighted by atomic mass is 10.0. The van der Waals surface area contributed by atoms with Crippen LogP contribution in [0.5, 0.6) is 0 Å². The van der Waals surface area contributed by atoms with Gasteiger partial charge in [0, 0.05) is 36.7 Å². The molecule has 3 aromatic rings. The SMILES string of the molecule is O=CN(c1cc(-c2nccs2)n(-c2ccccc2C(F)(F)F)n1)[C@@H](CCN1CCCC(F)(F)C1)CC(=O)O. The topological polar surface area (TPSA) is 91.6 Å². The van der Waals surface area contributed by atoms with E-state index in [2.05, 4.69) is 10.1 Å². The lowest BCUT2D eigenvalue weighted by Crippen LogP contribution is -2.45. The molecule has 0 aliphatic carbocycles. The van der Waals surface area contributed by atoms with Crippen molar-refractivity contribution in [3.8, 4) is 16.4 Å². The molecule has 0 unspecified atom stereocenters. The molecule has 0 bridgehead atoms. The minimum atomic E-state index is -4.70. The first-order chi connectivity index (χ1) is 18.0. The van der Waals surface area contributed by atoms with Crippen LogP contribution in [0.1, 0.15) is 31.2 Å². The highest BCUT2D eigenvalue weighted by atomic mass is 32.1. The number of piperidine rings is 1. The highest BCUT2D eigenvalue weighted by molar-refractivity contribution is 7.13. The zero-order valence-corrected chi connectivity index (χ0v) is 20.8. The number of amides is 1. The van der Waals surface area contributed by atoms with Crippen LogP contribution in [0.2, 0.25) is 0 Å². The molecule has 4 rings (SSSR count). The quantitative estimate of drug-likeness (QED) is 0.281. The van der Waals surface area contributed by atoms with Gasteiger partial charge in [0.25, 0.3) is 5.92 Å². The highest BCUT2D eigenvalue weighted by Gasteiger charge is 2.37. The van der Waals surface area contributed by atoms with E-state index in [0.29, 0.717) is 18.0 Å². The predicted molar refractivity (Wildman–Crippen MR) is 129 cm³/mol. The maximum Gasteiger partial charge on any atom is 0.418 e.